The highest BCUT2D eigenvalue weighted by atomic mass is 35.5. The Balaban J connectivity index is 0.00000280. The molecule has 3 rings (SSSR count). The van der Waals surface area contributed by atoms with Crippen LogP contribution in [0, 0.1) is 0 Å². The van der Waals surface area contributed by atoms with E-state index in [0.717, 1.165) is 58.7 Å². The smallest absolute Gasteiger partial charge is 0.319 e. The second-order valence-corrected chi connectivity index (χ2v) is 8.35. The maximum Gasteiger partial charge on any atom is 0.319 e. The van der Waals surface area contributed by atoms with Crippen molar-refractivity contribution in [1.82, 2.24) is 14.7 Å². The van der Waals surface area contributed by atoms with Crippen molar-refractivity contribution in [2.45, 2.75) is 19.8 Å². The normalized spacial score (nSPS) is 14.8. The molecule has 1 aliphatic rings. The van der Waals surface area contributed by atoms with Crippen molar-refractivity contribution in [3.8, 4) is 0 Å². The van der Waals surface area contributed by atoms with Gasteiger partial charge < -0.3 is 14.7 Å². The minimum atomic E-state index is 0. The standard InChI is InChI=1S/C21H32N4OS.ClH/c1-4-24(21(26)22(2)3)12-6-5-11-23-13-15-25(16-14-23)19-8-7-9-20-18(19)10-17-27-20;/h7-10,17H,4-6,11-16H2,1-3H3;1H. The largest absolute Gasteiger partial charge is 0.368 e. The number of carbonyl (C=O) groups is 1. The molecular weight excluding hydrogens is 392 g/mol. The first-order valence-corrected chi connectivity index (χ1v) is 10.9. The average Bonchev–Trinajstić information content (AvgIpc) is 3.17. The Morgan fingerprint density at radius 3 is 2.54 bits per heavy atom. The number of rotatable bonds is 7. The van der Waals surface area contributed by atoms with Crippen LogP contribution < -0.4 is 4.90 Å². The van der Waals surface area contributed by atoms with Crippen LogP contribution in [0.15, 0.2) is 29.6 Å². The van der Waals surface area contributed by atoms with Crippen LogP contribution in [0.2, 0.25) is 0 Å². The number of anilines is 1. The third-order valence-corrected chi connectivity index (χ3v) is 6.26. The Labute approximate surface area is 179 Å². The summed E-state index contributed by atoms with van der Waals surface area (Å²) >= 11 is 1.82. The van der Waals surface area contributed by atoms with Gasteiger partial charge >= 0.3 is 6.03 Å². The number of benzene rings is 1. The predicted molar refractivity (Wildman–Crippen MR) is 123 cm³/mol. The molecule has 5 nitrogen and oxygen atoms in total. The summed E-state index contributed by atoms with van der Waals surface area (Å²) in [6.07, 6.45) is 2.22. The second kappa shape index (κ2) is 10.9. The first-order valence-electron chi connectivity index (χ1n) is 10.00. The highest BCUT2D eigenvalue weighted by Crippen LogP contribution is 2.31. The van der Waals surface area contributed by atoms with Gasteiger partial charge in [0.25, 0.3) is 0 Å². The molecule has 156 valence electrons. The predicted octanol–water partition coefficient (Wildman–Crippen LogP) is 4.23. The first kappa shape index (κ1) is 22.8. The summed E-state index contributed by atoms with van der Waals surface area (Å²) < 4.78 is 1.38. The summed E-state index contributed by atoms with van der Waals surface area (Å²) in [6, 6.07) is 9.01. The first-order chi connectivity index (χ1) is 13.1. The van der Waals surface area contributed by atoms with Gasteiger partial charge in [-0.3, -0.25) is 4.90 Å². The topological polar surface area (TPSA) is 30.0 Å². The van der Waals surface area contributed by atoms with E-state index in [1.54, 1.807) is 4.90 Å². The highest BCUT2D eigenvalue weighted by molar-refractivity contribution is 7.17. The number of nitrogens with zero attached hydrogens (tertiary/aromatic N) is 4. The van der Waals surface area contributed by atoms with Gasteiger partial charge in [0.2, 0.25) is 0 Å². The summed E-state index contributed by atoms with van der Waals surface area (Å²) in [5.74, 6) is 0. The van der Waals surface area contributed by atoms with Crippen LogP contribution in [-0.2, 0) is 0 Å². The van der Waals surface area contributed by atoms with E-state index in [1.807, 2.05) is 30.3 Å². The van der Waals surface area contributed by atoms with Crippen LogP contribution in [0.3, 0.4) is 0 Å². The SMILES string of the molecule is CCN(CCCCN1CCN(c2cccc3sccc23)CC1)C(=O)N(C)C.Cl. The zero-order chi connectivity index (χ0) is 19.2. The van der Waals surface area contributed by atoms with Crippen molar-refractivity contribution in [3.63, 3.8) is 0 Å². The minimum Gasteiger partial charge on any atom is -0.368 e. The lowest BCUT2D eigenvalue weighted by Crippen LogP contribution is -2.46. The van der Waals surface area contributed by atoms with Gasteiger partial charge in [0.15, 0.2) is 0 Å². The maximum absolute atomic E-state index is 12.1. The summed E-state index contributed by atoms with van der Waals surface area (Å²) in [5.41, 5.74) is 1.38. The van der Waals surface area contributed by atoms with Crippen LogP contribution in [0.1, 0.15) is 19.8 Å². The van der Waals surface area contributed by atoms with Crippen molar-refractivity contribution in [2.24, 2.45) is 0 Å². The molecule has 0 atom stereocenters. The van der Waals surface area contributed by atoms with E-state index < -0.39 is 0 Å². The van der Waals surface area contributed by atoms with Crippen LogP contribution in [0.5, 0.6) is 0 Å². The number of unbranched alkanes of at least 4 members (excludes halogenated alkanes) is 1. The summed E-state index contributed by atoms with van der Waals surface area (Å²) in [5, 5.41) is 3.58. The van der Waals surface area contributed by atoms with Gasteiger partial charge in [0.05, 0.1) is 0 Å². The number of piperazine rings is 1. The van der Waals surface area contributed by atoms with Gasteiger partial charge in [0.1, 0.15) is 0 Å². The number of hydrogen-bond donors (Lipinski definition) is 0. The number of halogens is 1. The third kappa shape index (κ3) is 5.52. The number of hydrogen-bond acceptors (Lipinski definition) is 4. The van der Waals surface area contributed by atoms with E-state index in [4.69, 9.17) is 0 Å². The van der Waals surface area contributed by atoms with Crippen molar-refractivity contribution in [2.75, 3.05) is 64.8 Å². The van der Waals surface area contributed by atoms with E-state index in [9.17, 15) is 4.79 Å². The second-order valence-electron chi connectivity index (χ2n) is 7.40. The fourth-order valence-corrected chi connectivity index (χ4v) is 4.58. The summed E-state index contributed by atoms with van der Waals surface area (Å²) in [6.45, 7) is 9.24. The van der Waals surface area contributed by atoms with Crippen molar-refractivity contribution in [3.05, 3.63) is 29.6 Å². The molecule has 1 aliphatic heterocycles. The van der Waals surface area contributed by atoms with Gasteiger partial charge in [-0.05, 0) is 49.9 Å². The number of carbonyl (C=O) groups excluding carboxylic acids is 1. The molecule has 0 saturated carbocycles. The van der Waals surface area contributed by atoms with Gasteiger partial charge in [-0.1, -0.05) is 6.07 Å². The van der Waals surface area contributed by atoms with Gasteiger partial charge in [-0.25, -0.2) is 4.79 Å². The fraction of sp³-hybridized carbons (Fsp3) is 0.571. The van der Waals surface area contributed by atoms with Crippen LogP contribution in [0.25, 0.3) is 10.1 Å². The Hall–Kier alpha value is -1.50. The molecule has 0 spiro atoms. The molecule has 1 fully saturated rings. The Kier molecular flexibility index (Phi) is 8.86. The maximum atomic E-state index is 12.1. The minimum absolute atomic E-state index is 0. The van der Waals surface area contributed by atoms with Crippen molar-refractivity contribution >= 4 is 45.5 Å². The van der Waals surface area contributed by atoms with Gasteiger partial charge in [0, 0.05) is 69.1 Å². The van der Waals surface area contributed by atoms with Crippen LogP contribution >= 0.6 is 23.7 Å². The van der Waals surface area contributed by atoms with Gasteiger partial charge in [-0.15, -0.1) is 23.7 Å². The number of thiophene rings is 1. The molecule has 0 bridgehead atoms. The Morgan fingerprint density at radius 1 is 1.11 bits per heavy atom. The van der Waals surface area contributed by atoms with Crippen LogP contribution in [-0.4, -0.2) is 80.6 Å². The molecule has 1 aromatic carbocycles. The van der Waals surface area contributed by atoms with Crippen LogP contribution in [0.4, 0.5) is 10.5 Å². The van der Waals surface area contributed by atoms with E-state index >= 15 is 0 Å². The Bertz CT molecular complexity index is 743. The number of fused-ring (bicyclic) bond motifs is 1. The monoisotopic (exact) mass is 424 g/mol. The molecule has 0 unspecified atom stereocenters. The molecular formula is C21H33ClN4OS. The summed E-state index contributed by atoms with van der Waals surface area (Å²) in [7, 11) is 3.64. The third-order valence-electron chi connectivity index (χ3n) is 5.37. The lowest BCUT2D eigenvalue weighted by molar-refractivity contribution is 0.171. The molecule has 0 radical (unpaired) electrons. The molecule has 2 amide bonds. The molecule has 1 aromatic heterocycles. The van der Waals surface area contributed by atoms with Crippen molar-refractivity contribution < 1.29 is 4.79 Å². The zero-order valence-corrected chi connectivity index (χ0v) is 18.9. The molecule has 0 N–H and O–H groups in total. The molecule has 28 heavy (non-hydrogen) atoms. The molecule has 7 heteroatoms. The number of amides is 2. The number of urea groups is 1. The quantitative estimate of drug-likeness (QED) is 0.623. The molecule has 1 saturated heterocycles. The average molecular weight is 425 g/mol. The van der Waals surface area contributed by atoms with Gasteiger partial charge in [-0.2, -0.15) is 0 Å². The molecule has 0 aliphatic carbocycles. The van der Waals surface area contributed by atoms with E-state index in [1.165, 1.54) is 15.8 Å². The lowest BCUT2D eigenvalue weighted by Gasteiger charge is -2.36. The van der Waals surface area contributed by atoms with E-state index in [0.29, 0.717) is 0 Å². The lowest BCUT2D eigenvalue weighted by atomic mass is 10.1. The summed E-state index contributed by atoms with van der Waals surface area (Å²) in [4.78, 5) is 20.7. The molecule has 2 heterocycles. The van der Waals surface area contributed by atoms with Crippen molar-refractivity contribution in [1.29, 1.82) is 0 Å². The van der Waals surface area contributed by atoms with E-state index in [-0.39, 0.29) is 18.4 Å². The fourth-order valence-electron chi connectivity index (χ4n) is 3.78. The molecule has 2 aromatic rings. The highest BCUT2D eigenvalue weighted by Gasteiger charge is 2.19. The zero-order valence-electron chi connectivity index (χ0n) is 17.3. The Morgan fingerprint density at radius 2 is 1.86 bits per heavy atom. The van der Waals surface area contributed by atoms with E-state index in [2.05, 4.69) is 46.4 Å².